The summed E-state index contributed by atoms with van der Waals surface area (Å²) in [6.07, 6.45) is 0.00926. The molecular weight excluding hydrogens is 348 g/mol. The number of rotatable bonds is 7. The normalized spacial score (nSPS) is 9.59. The third-order valence-electron chi connectivity index (χ3n) is 3.37. The number of nitrogens with one attached hydrogen (secondary N) is 3. The Balaban J connectivity index is 1.61. The van der Waals surface area contributed by atoms with Gasteiger partial charge in [-0.3, -0.25) is 25.2 Å². The molecule has 0 aliphatic carbocycles. The van der Waals surface area contributed by atoms with Crippen LogP contribution in [-0.4, -0.2) is 30.9 Å². The van der Waals surface area contributed by atoms with Gasteiger partial charge in [-0.1, -0.05) is 18.2 Å². The maximum atomic E-state index is 11.8. The highest BCUT2D eigenvalue weighted by molar-refractivity contribution is 5.94. The molecule has 0 saturated carbocycles. The second kappa shape index (κ2) is 10.2. The van der Waals surface area contributed by atoms with Gasteiger partial charge in [0.25, 0.3) is 11.8 Å². The first-order valence-electron chi connectivity index (χ1n) is 8.12. The molecule has 0 aliphatic heterocycles. The van der Waals surface area contributed by atoms with Crippen molar-refractivity contribution >= 4 is 17.7 Å². The van der Waals surface area contributed by atoms with Crippen molar-refractivity contribution in [3.05, 3.63) is 65.7 Å². The molecule has 0 spiro atoms. The standard InChI is InChI=1S/C19H18N4O4/c20-12-14-6-8-16(9-7-14)27-13-18(25)23-22-17(24)10-11-21-19(26)15-4-2-1-3-5-15/h1-9H,10-11,13H2,(H,21,26)(H,22,24)(H,23,25). The van der Waals surface area contributed by atoms with Gasteiger partial charge >= 0.3 is 0 Å². The van der Waals surface area contributed by atoms with E-state index in [1.807, 2.05) is 6.07 Å². The van der Waals surface area contributed by atoms with Gasteiger partial charge in [-0.05, 0) is 36.4 Å². The second-order valence-corrected chi connectivity index (χ2v) is 5.39. The van der Waals surface area contributed by atoms with Crippen LogP contribution < -0.4 is 20.9 Å². The summed E-state index contributed by atoms with van der Waals surface area (Å²) in [7, 11) is 0. The largest absolute Gasteiger partial charge is 0.484 e. The summed E-state index contributed by atoms with van der Waals surface area (Å²) >= 11 is 0. The van der Waals surface area contributed by atoms with E-state index in [2.05, 4.69) is 16.2 Å². The lowest BCUT2D eigenvalue weighted by Gasteiger charge is -2.09. The average molecular weight is 366 g/mol. The predicted octanol–water partition coefficient (Wildman–Crippen LogP) is 0.905. The van der Waals surface area contributed by atoms with Gasteiger partial charge in [-0.15, -0.1) is 0 Å². The Labute approximate surface area is 156 Å². The van der Waals surface area contributed by atoms with Crippen molar-refractivity contribution in [2.75, 3.05) is 13.2 Å². The monoisotopic (exact) mass is 366 g/mol. The van der Waals surface area contributed by atoms with E-state index >= 15 is 0 Å². The highest BCUT2D eigenvalue weighted by atomic mass is 16.5. The number of nitriles is 1. The zero-order chi connectivity index (χ0) is 19.5. The summed E-state index contributed by atoms with van der Waals surface area (Å²) in [5.41, 5.74) is 5.44. The maximum absolute atomic E-state index is 11.8. The number of amides is 3. The lowest BCUT2D eigenvalue weighted by atomic mass is 10.2. The van der Waals surface area contributed by atoms with Gasteiger partial charge in [-0.25, -0.2) is 0 Å². The van der Waals surface area contributed by atoms with Crippen LogP contribution in [0.3, 0.4) is 0 Å². The Morgan fingerprint density at radius 2 is 1.59 bits per heavy atom. The predicted molar refractivity (Wildman–Crippen MR) is 96.3 cm³/mol. The third-order valence-corrected chi connectivity index (χ3v) is 3.37. The number of benzene rings is 2. The van der Waals surface area contributed by atoms with Crippen molar-refractivity contribution < 1.29 is 19.1 Å². The minimum absolute atomic E-state index is 0.00926. The van der Waals surface area contributed by atoms with E-state index in [-0.39, 0.29) is 25.5 Å². The molecule has 8 nitrogen and oxygen atoms in total. The van der Waals surface area contributed by atoms with Crippen LogP contribution in [-0.2, 0) is 9.59 Å². The van der Waals surface area contributed by atoms with Gasteiger partial charge in [0.15, 0.2) is 6.61 Å². The van der Waals surface area contributed by atoms with E-state index in [0.29, 0.717) is 16.9 Å². The molecule has 0 unspecified atom stereocenters. The third kappa shape index (κ3) is 6.88. The summed E-state index contributed by atoms with van der Waals surface area (Å²) in [6.45, 7) is -0.159. The summed E-state index contributed by atoms with van der Waals surface area (Å²) in [4.78, 5) is 35.1. The van der Waals surface area contributed by atoms with Crippen molar-refractivity contribution in [3.63, 3.8) is 0 Å². The van der Waals surface area contributed by atoms with Crippen LogP contribution in [0.15, 0.2) is 54.6 Å². The molecule has 0 heterocycles. The highest BCUT2D eigenvalue weighted by Gasteiger charge is 2.08. The summed E-state index contributed by atoms with van der Waals surface area (Å²) < 4.78 is 5.23. The number of nitrogens with zero attached hydrogens (tertiary/aromatic N) is 1. The van der Waals surface area contributed by atoms with E-state index in [0.717, 1.165) is 0 Å². The number of carbonyl (C=O) groups excluding carboxylic acids is 3. The van der Waals surface area contributed by atoms with E-state index in [9.17, 15) is 14.4 Å². The zero-order valence-corrected chi connectivity index (χ0v) is 14.4. The number of hydrogen-bond donors (Lipinski definition) is 3. The van der Waals surface area contributed by atoms with Crippen molar-refractivity contribution in [1.82, 2.24) is 16.2 Å². The molecule has 8 heteroatoms. The van der Waals surface area contributed by atoms with Crippen molar-refractivity contribution in [3.8, 4) is 11.8 Å². The lowest BCUT2D eigenvalue weighted by molar-refractivity contribution is -0.129. The van der Waals surface area contributed by atoms with E-state index in [1.54, 1.807) is 54.6 Å². The first-order chi connectivity index (χ1) is 13.1. The zero-order valence-electron chi connectivity index (χ0n) is 14.4. The topological polar surface area (TPSA) is 120 Å². The Bertz CT molecular complexity index is 829. The van der Waals surface area contributed by atoms with E-state index in [1.165, 1.54) is 0 Å². The fraction of sp³-hybridized carbons (Fsp3) is 0.158. The molecule has 0 bridgehead atoms. The van der Waals surface area contributed by atoms with Gasteiger partial charge in [-0.2, -0.15) is 5.26 Å². The number of hydrogen-bond acceptors (Lipinski definition) is 5. The molecule has 138 valence electrons. The van der Waals surface area contributed by atoms with Crippen molar-refractivity contribution in [2.24, 2.45) is 0 Å². The van der Waals surface area contributed by atoms with Crippen LogP contribution in [0.5, 0.6) is 5.75 Å². The molecule has 0 saturated heterocycles. The fourth-order valence-electron chi connectivity index (χ4n) is 1.99. The summed E-state index contributed by atoms with van der Waals surface area (Å²) in [5, 5.41) is 11.3. The first kappa shape index (κ1) is 19.5. The number of carbonyl (C=O) groups is 3. The molecule has 0 radical (unpaired) electrons. The molecule has 3 N–H and O–H groups in total. The smallest absolute Gasteiger partial charge is 0.276 e. The summed E-state index contributed by atoms with van der Waals surface area (Å²) in [6, 6.07) is 16.9. The molecule has 3 amide bonds. The molecule has 0 aromatic heterocycles. The molecule has 0 aliphatic rings. The van der Waals surface area contributed by atoms with E-state index < -0.39 is 11.8 Å². The van der Waals surface area contributed by atoms with Crippen LogP contribution >= 0.6 is 0 Å². The van der Waals surface area contributed by atoms with Crippen LogP contribution in [0.1, 0.15) is 22.3 Å². The molecule has 2 aromatic carbocycles. The van der Waals surface area contributed by atoms with E-state index in [4.69, 9.17) is 10.00 Å². The van der Waals surface area contributed by atoms with Crippen LogP contribution in [0.25, 0.3) is 0 Å². The maximum Gasteiger partial charge on any atom is 0.276 e. The Morgan fingerprint density at radius 3 is 2.26 bits per heavy atom. The van der Waals surface area contributed by atoms with Crippen molar-refractivity contribution in [2.45, 2.75) is 6.42 Å². The fourth-order valence-corrected chi connectivity index (χ4v) is 1.99. The minimum Gasteiger partial charge on any atom is -0.484 e. The number of hydrazine groups is 1. The lowest BCUT2D eigenvalue weighted by Crippen LogP contribution is -2.44. The number of ether oxygens (including phenoxy) is 1. The molecule has 27 heavy (non-hydrogen) atoms. The van der Waals surface area contributed by atoms with Crippen molar-refractivity contribution in [1.29, 1.82) is 5.26 Å². The molecule has 0 atom stereocenters. The summed E-state index contributed by atoms with van der Waals surface area (Å²) in [5.74, 6) is -0.835. The molecular formula is C19H18N4O4. The Morgan fingerprint density at radius 1 is 0.926 bits per heavy atom. The van der Waals surface area contributed by atoms with Gasteiger partial charge < -0.3 is 10.1 Å². The van der Waals surface area contributed by atoms with Gasteiger partial charge in [0.1, 0.15) is 5.75 Å². The molecule has 0 fully saturated rings. The molecule has 2 aromatic rings. The van der Waals surface area contributed by atoms with Crippen LogP contribution in [0.2, 0.25) is 0 Å². The molecule has 2 rings (SSSR count). The van der Waals surface area contributed by atoms with Crippen LogP contribution in [0.4, 0.5) is 0 Å². The van der Waals surface area contributed by atoms with Crippen LogP contribution in [0, 0.1) is 11.3 Å². The Hall–Kier alpha value is -3.86. The van der Waals surface area contributed by atoms with Gasteiger partial charge in [0.05, 0.1) is 11.6 Å². The minimum atomic E-state index is -0.541. The Kier molecular flexibility index (Phi) is 7.36. The SMILES string of the molecule is N#Cc1ccc(OCC(=O)NNC(=O)CCNC(=O)c2ccccc2)cc1. The second-order valence-electron chi connectivity index (χ2n) is 5.39. The van der Waals surface area contributed by atoms with Gasteiger partial charge in [0.2, 0.25) is 5.91 Å². The quantitative estimate of drug-likeness (QED) is 0.629. The average Bonchev–Trinajstić information content (AvgIpc) is 2.71. The van der Waals surface area contributed by atoms with Gasteiger partial charge in [0, 0.05) is 18.5 Å². The highest BCUT2D eigenvalue weighted by Crippen LogP contribution is 2.11. The first-order valence-corrected chi connectivity index (χ1v) is 8.12.